The van der Waals surface area contributed by atoms with Crippen molar-refractivity contribution in [1.82, 2.24) is 5.43 Å². The van der Waals surface area contributed by atoms with Crippen molar-refractivity contribution in [2.45, 2.75) is 65.7 Å². The van der Waals surface area contributed by atoms with Gasteiger partial charge in [-0.25, -0.2) is 5.43 Å². The van der Waals surface area contributed by atoms with Crippen LogP contribution in [0.3, 0.4) is 0 Å². The van der Waals surface area contributed by atoms with Crippen molar-refractivity contribution in [2.24, 2.45) is 5.10 Å². The fraction of sp³-hybridized carbons (Fsp3) is 0.481. The lowest BCUT2D eigenvalue weighted by molar-refractivity contribution is 0.0953. The first-order valence-corrected chi connectivity index (χ1v) is 12.1. The molecule has 6 heteroatoms. The molecule has 0 spiro atoms. The van der Waals surface area contributed by atoms with E-state index < -0.39 is 0 Å². The molecule has 1 amide bonds. The number of rotatable bonds is 10. The van der Waals surface area contributed by atoms with E-state index in [1.54, 1.807) is 12.1 Å². The molecular formula is C27H36N2O4. The Balaban J connectivity index is 1.74. The van der Waals surface area contributed by atoms with Gasteiger partial charge in [0.15, 0.2) is 11.5 Å². The number of carbonyl (C=O) groups excluding carboxylic acids is 1. The van der Waals surface area contributed by atoms with Crippen molar-refractivity contribution in [1.29, 1.82) is 0 Å². The van der Waals surface area contributed by atoms with Crippen LogP contribution in [0.2, 0.25) is 0 Å². The number of hydrogen-bond acceptors (Lipinski definition) is 5. The van der Waals surface area contributed by atoms with Gasteiger partial charge in [0.1, 0.15) is 0 Å². The van der Waals surface area contributed by atoms with Crippen LogP contribution in [-0.2, 0) is 0 Å². The van der Waals surface area contributed by atoms with Gasteiger partial charge in [0.25, 0.3) is 5.91 Å². The van der Waals surface area contributed by atoms with Crippen molar-refractivity contribution in [3.8, 4) is 17.2 Å². The number of carbonyl (C=O) groups is 1. The van der Waals surface area contributed by atoms with Crippen molar-refractivity contribution in [3.63, 3.8) is 0 Å². The summed E-state index contributed by atoms with van der Waals surface area (Å²) in [7, 11) is 0. The molecule has 178 valence electrons. The molecule has 0 bridgehead atoms. The maximum Gasteiger partial charge on any atom is 0.271 e. The van der Waals surface area contributed by atoms with Crippen LogP contribution in [-0.4, -0.2) is 31.4 Å². The molecule has 2 aromatic carbocycles. The van der Waals surface area contributed by atoms with Gasteiger partial charge in [0.2, 0.25) is 5.75 Å². The minimum Gasteiger partial charge on any atom is -0.490 e. The SMILES string of the molecule is CCOc1cc(C(=O)N/N=C(\C)c2ccc(C3CCCCC3)cc2)cc(OCC)c1OCC. The van der Waals surface area contributed by atoms with Gasteiger partial charge in [0.05, 0.1) is 25.5 Å². The summed E-state index contributed by atoms with van der Waals surface area (Å²) in [6, 6.07) is 11.9. The van der Waals surface area contributed by atoms with Gasteiger partial charge in [0, 0.05) is 5.56 Å². The van der Waals surface area contributed by atoms with Crippen molar-refractivity contribution >= 4 is 11.6 Å². The molecule has 0 saturated heterocycles. The van der Waals surface area contributed by atoms with Crippen LogP contribution in [0, 0.1) is 0 Å². The molecule has 1 aliphatic carbocycles. The number of nitrogens with zero attached hydrogens (tertiary/aromatic N) is 1. The van der Waals surface area contributed by atoms with E-state index in [0.717, 1.165) is 11.3 Å². The maximum absolute atomic E-state index is 12.9. The summed E-state index contributed by atoms with van der Waals surface area (Å²) < 4.78 is 17.1. The summed E-state index contributed by atoms with van der Waals surface area (Å²) in [5, 5.41) is 4.33. The second kappa shape index (κ2) is 12.3. The molecule has 1 saturated carbocycles. The van der Waals surface area contributed by atoms with E-state index in [1.807, 2.05) is 27.7 Å². The number of nitrogens with one attached hydrogen (secondary N) is 1. The van der Waals surface area contributed by atoms with E-state index in [4.69, 9.17) is 14.2 Å². The molecule has 0 unspecified atom stereocenters. The Morgan fingerprint density at radius 1 is 0.879 bits per heavy atom. The quantitative estimate of drug-likeness (QED) is 0.350. The molecule has 0 aromatic heterocycles. The lowest BCUT2D eigenvalue weighted by Crippen LogP contribution is -2.20. The topological polar surface area (TPSA) is 69.2 Å². The summed E-state index contributed by atoms with van der Waals surface area (Å²) in [6.07, 6.45) is 6.55. The Labute approximate surface area is 197 Å². The van der Waals surface area contributed by atoms with E-state index in [2.05, 4.69) is 34.8 Å². The van der Waals surface area contributed by atoms with Crippen LogP contribution >= 0.6 is 0 Å². The van der Waals surface area contributed by atoms with Crippen molar-refractivity contribution in [3.05, 3.63) is 53.1 Å². The van der Waals surface area contributed by atoms with Gasteiger partial charge in [-0.2, -0.15) is 5.10 Å². The van der Waals surface area contributed by atoms with Crippen LogP contribution in [0.15, 0.2) is 41.5 Å². The molecule has 6 nitrogen and oxygen atoms in total. The number of amides is 1. The second-order valence-electron chi connectivity index (χ2n) is 8.20. The van der Waals surface area contributed by atoms with Gasteiger partial charge in [-0.1, -0.05) is 43.5 Å². The molecule has 0 radical (unpaired) electrons. The zero-order valence-electron chi connectivity index (χ0n) is 20.3. The number of benzene rings is 2. The third-order valence-corrected chi connectivity index (χ3v) is 5.90. The maximum atomic E-state index is 12.9. The first-order valence-electron chi connectivity index (χ1n) is 12.1. The summed E-state index contributed by atoms with van der Waals surface area (Å²) >= 11 is 0. The van der Waals surface area contributed by atoms with Gasteiger partial charge < -0.3 is 14.2 Å². The van der Waals surface area contributed by atoms with E-state index in [-0.39, 0.29) is 5.91 Å². The predicted octanol–water partition coefficient (Wildman–Crippen LogP) is 6.08. The van der Waals surface area contributed by atoms with Gasteiger partial charge in [-0.3, -0.25) is 4.79 Å². The van der Waals surface area contributed by atoms with Gasteiger partial charge >= 0.3 is 0 Å². The molecule has 1 aliphatic rings. The lowest BCUT2D eigenvalue weighted by Gasteiger charge is -2.22. The highest BCUT2D eigenvalue weighted by atomic mass is 16.5. The van der Waals surface area contributed by atoms with Crippen LogP contribution in [0.5, 0.6) is 17.2 Å². The largest absolute Gasteiger partial charge is 0.490 e. The fourth-order valence-electron chi connectivity index (χ4n) is 4.22. The molecule has 1 fully saturated rings. The average Bonchev–Trinajstić information content (AvgIpc) is 2.85. The third-order valence-electron chi connectivity index (χ3n) is 5.90. The van der Waals surface area contributed by atoms with Crippen LogP contribution in [0.4, 0.5) is 0 Å². The molecular weight excluding hydrogens is 416 g/mol. The highest BCUT2D eigenvalue weighted by molar-refractivity contribution is 6.01. The molecule has 0 aliphatic heterocycles. The first-order chi connectivity index (χ1) is 16.1. The first kappa shape index (κ1) is 24.6. The summed E-state index contributed by atoms with van der Waals surface area (Å²) in [5.41, 5.74) is 6.20. The molecule has 2 aromatic rings. The monoisotopic (exact) mass is 452 g/mol. The van der Waals surface area contributed by atoms with Gasteiger partial charge in [-0.05, 0) is 69.7 Å². The number of hydrazone groups is 1. The van der Waals surface area contributed by atoms with E-state index in [9.17, 15) is 4.79 Å². The molecule has 33 heavy (non-hydrogen) atoms. The Morgan fingerprint density at radius 2 is 1.45 bits per heavy atom. The summed E-state index contributed by atoms with van der Waals surface area (Å²) in [6.45, 7) is 8.92. The van der Waals surface area contributed by atoms with E-state index in [1.165, 1.54) is 37.7 Å². The minimum atomic E-state index is -0.335. The van der Waals surface area contributed by atoms with E-state index in [0.29, 0.717) is 48.6 Å². The molecule has 1 N–H and O–H groups in total. The molecule has 3 rings (SSSR count). The minimum absolute atomic E-state index is 0.335. The summed E-state index contributed by atoms with van der Waals surface area (Å²) in [4.78, 5) is 12.9. The zero-order chi connectivity index (χ0) is 23.6. The van der Waals surface area contributed by atoms with Gasteiger partial charge in [-0.15, -0.1) is 0 Å². The van der Waals surface area contributed by atoms with Crippen LogP contribution in [0.1, 0.15) is 87.2 Å². The molecule has 0 heterocycles. The smallest absolute Gasteiger partial charge is 0.271 e. The van der Waals surface area contributed by atoms with Crippen LogP contribution < -0.4 is 19.6 Å². The second-order valence-corrected chi connectivity index (χ2v) is 8.20. The number of hydrogen-bond donors (Lipinski definition) is 1. The standard InChI is InChI=1S/C27H36N2O4/c1-5-31-24-17-23(18-25(32-6-2)26(24)33-7-3)27(30)29-28-19(4)20-13-15-22(16-14-20)21-11-9-8-10-12-21/h13-18,21H,5-12H2,1-4H3,(H,29,30)/b28-19+. The Bertz CT molecular complexity index is 920. The number of ether oxygens (including phenoxy) is 3. The Kier molecular flexibility index (Phi) is 9.16. The van der Waals surface area contributed by atoms with E-state index >= 15 is 0 Å². The third kappa shape index (κ3) is 6.50. The normalized spacial score (nSPS) is 14.6. The van der Waals surface area contributed by atoms with Crippen molar-refractivity contribution in [2.75, 3.05) is 19.8 Å². The lowest BCUT2D eigenvalue weighted by atomic mass is 9.84. The van der Waals surface area contributed by atoms with Crippen molar-refractivity contribution < 1.29 is 19.0 Å². The van der Waals surface area contributed by atoms with Crippen LogP contribution in [0.25, 0.3) is 0 Å². The highest BCUT2D eigenvalue weighted by Crippen LogP contribution is 2.39. The zero-order valence-corrected chi connectivity index (χ0v) is 20.3. The summed E-state index contributed by atoms with van der Waals surface area (Å²) in [5.74, 6) is 1.81. The predicted molar refractivity (Wildman–Crippen MR) is 132 cm³/mol. The average molecular weight is 453 g/mol. The fourth-order valence-corrected chi connectivity index (χ4v) is 4.22. The molecule has 0 atom stereocenters. The Morgan fingerprint density at radius 3 is 2.00 bits per heavy atom. The Hall–Kier alpha value is -3.02. The highest BCUT2D eigenvalue weighted by Gasteiger charge is 2.19.